The van der Waals surface area contributed by atoms with E-state index in [0.29, 0.717) is 19.2 Å². The number of esters is 1. The molecule has 4 heteroatoms. The number of hydrogen-bond acceptors (Lipinski definition) is 4. The van der Waals surface area contributed by atoms with Gasteiger partial charge in [0.2, 0.25) is 0 Å². The number of carbonyl (C=O) groups is 1. The molecule has 1 saturated heterocycles. The maximum absolute atomic E-state index is 11.0. The summed E-state index contributed by atoms with van der Waals surface area (Å²) in [7, 11) is 1.37. The highest BCUT2D eigenvalue weighted by Gasteiger charge is 2.25. The first-order valence-corrected chi connectivity index (χ1v) is 4.20. The SMILES string of the molecule is CCC1COC(C(=O)OC)CN1. The van der Waals surface area contributed by atoms with Crippen molar-refractivity contribution in [1.29, 1.82) is 0 Å². The van der Waals surface area contributed by atoms with Crippen LogP contribution in [-0.2, 0) is 14.3 Å². The van der Waals surface area contributed by atoms with Gasteiger partial charge in [0.25, 0.3) is 0 Å². The molecule has 0 spiro atoms. The number of hydrogen-bond donors (Lipinski definition) is 1. The lowest BCUT2D eigenvalue weighted by atomic mass is 10.2. The van der Waals surface area contributed by atoms with Gasteiger partial charge in [-0.2, -0.15) is 0 Å². The Morgan fingerprint density at radius 1 is 1.75 bits per heavy atom. The Hall–Kier alpha value is -0.610. The Bertz CT molecular complexity index is 152. The predicted octanol–water partition coefficient (Wildman–Crippen LogP) is -0.0736. The minimum Gasteiger partial charge on any atom is -0.467 e. The summed E-state index contributed by atoms with van der Waals surface area (Å²) in [5.74, 6) is -0.294. The van der Waals surface area contributed by atoms with E-state index in [2.05, 4.69) is 17.0 Å². The third-order valence-electron chi connectivity index (χ3n) is 2.05. The number of nitrogens with one attached hydrogen (secondary N) is 1. The first-order chi connectivity index (χ1) is 5.77. The van der Waals surface area contributed by atoms with Gasteiger partial charge in [0, 0.05) is 12.6 Å². The predicted molar refractivity (Wildman–Crippen MR) is 43.8 cm³/mol. The van der Waals surface area contributed by atoms with Gasteiger partial charge in [-0.3, -0.25) is 0 Å². The van der Waals surface area contributed by atoms with Crippen LogP contribution >= 0.6 is 0 Å². The minimum atomic E-state index is -0.419. The molecule has 2 atom stereocenters. The summed E-state index contributed by atoms with van der Waals surface area (Å²) in [6.45, 7) is 3.24. The molecule has 0 aliphatic carbocycles. The molecule has 0 aromatic carbocycles. The van der Waals surface area contributed by atoms with Gasteiger partial charge in [-0.05, 0) is 6.42 Å². The normalized spacial score (nSPS) is 29.8. The third-order valence-corrected chi connectivity index (χ3v) is 2.05. The van der Waals surface area contributed by atoms with Crippen molar-refractivity contribution in [2.75, 3.05) is 20.3 Å². The molecule has 1 rings (SSSR count). The molecule has 0 amide bonds. The topological polar surface area (TPSA) is 47.6 Å². The molecule has 0 bridgehead atoms. The Morgan fingerprint density at radius 3 is 2.92 bits per heavy atom. The second kappa shape index (κ2) is 4.42. The molecular formula is C8H15NO3. The van der Waals surface area contributed by atoms with Crippen LogP contribution in [0.5, 0.6) is 0 Å². The van der Waals surface area contributed by atoms with E-state index in [0.717, 1.165) is 6.42 Å². The standard InChI is InChI=1S/C8H15NO3/c1-3-6-5-12-7(4-9-6)8(10)11-2/h6-7,9H,3-5H2,1-2H3. The summed E-state index contributed by atoms with van der Waals surface area (Å²) >= 11 is 0. The van der Waals surface area contributed by atoms with Gasteiger partial charge < -0.3 is 14.8 Å². The Morgan fingerprint density at radius 2 is 2.50 bits per heavy atom. The molecule has 4 nitrogen and oxygen atoms in total. The van der Waals surface area contributed by atoms with E-state index in [1.807, 2.05) is 0 Å². The van der Waals surface area contributed by atoms with Crippen molar-refractivity contribution < 1.29 is 14.3 Å². The van der Waals surface area contributed by atoms with Gasteiger partial charge in [0.05, 0.1) is 13.7 Å². The fourth-order valence-corrected chi connectivity index (χ4v) is 1.17. The van der Waals surface area contributed by atoms with Crippen molar-refractivity contribution in [3.8, 4) is 0 Å². The summed E-state index contributed by atoms with van der Waals surface area (Å²) in [6.07, 6.45) is 0.603. The average Bonchev–Trinajstić information content (AvgIpc) is 2.17. The monoisotopic (exact) mass is 173 g/mol. The summed E-state index contributed by atoms with van der Waals surface area (Å²) in [6, 6.07) is 0.380. The van der Waals surface area contributed by atoms with Crippen LogP contribution < -0.4 is 5.32 Å². The highest BCUT2D eigenvalue weighted by Crippen LogP contribution is 2.04. The molecule has 0 radical (unpaired) electrons. The van der Waals surface area contributed by atoms with E-state index in [1.54, 1.807) is 0 Å². The lowest BCUT2D eigenvalue weighted by molar-refractivity contribution is -0.156. The second-order valence-corrected chi connectivity index (χ2v) is 2.86. The zero-order valence-electron chi connectivity index (χ0n) is 7.50. The van der Waals surface area contributed by atoms with Gasteiger partial charge in [-0.25, -0.2) is 4.79 Å². The van der Waals surface area contributed by atoms with Crippen LogP contribution in [0.4, 0.5) is 0 Å². The zero-order chi connectivity index (χ0) is 8.97. The van der Waals surface area contributed by atoms with E-state index in [-0.39, 0.29) is 5.97 Å². The van der Waals surface area contributed by atoms with E-state index in [4.69, 9.17) is 4.74 Å². The maximum atomic E-state index is 11.0. The number of rotatable bonds is 2. The molecule has 1 aliphatic heterocycles. The van der Waals surface area contributed by atoms with Crippen LogP contribution in [0.15, 0.2) is 0 Å². The molecule has 12 heavy (non-hydrogen) atoms. The molecule has 0 aromatic rings. The molecule has 1 N–H and O–H groups in total. The van der Waals surface area contributed by atoms with E-state index in [9.17, 15) is 4.79 Å². The van der Waals surface area contributed by atoms with Crippen LogP contribution in [0.2, 0.25) is 0 Å². The first-order valence-electron chi connectivity index (χ1n) is 4.20. The molecule has 1 fully saturated rings. The molecule has 1 heterocycles. The quantitative estimate of drug-likeness (QED) is 0.594. The zero-order valence-corrected chi connectivity index (χ0v) is 7.50. The fourth-order valence-electron chi connectivity index (χ4n) is 1.17. The van der Waals surface area contributed by atoms with Crippen molar-refractivity contribution in [1.82, 2.24) is 5.32 Å². The summed E-state index contributed by atoms with van der Waals surface area (Å²) in [5.41, 5.74) is 0. The Labute approximate surface area is 72.2 Å². The highest BCUT2D eigenvalue weighted by molar-refractivity contribution is 5.74. The van der Waals surface area contributed by atoms with Crippen molar-refractivity contribution >= 4 is 5.97 Å². The number of morpholine rings is 1. The van der Waals surface area contributed by atoms with E-state index < -0.39 is 6.10 Å². The molecular weight excluding hydrogens is 158 g/mol. The molecule has 2 unspecified atom stereocenters. The van der Waals surface area contributed by atoms with Crippen LogP contribution in [-0.4, -0.2) is 38.4 Å². The number of methoxy groups -OCH3 is 1. The lowest BCUT2D eigenvalue weighted by Crippen LogP contribution is -2.49. The van der Waals surface area contributed by atoms with Crippen molar-refractivity contribution in [3.05, 3.63) is 0 Å². The van der Waals surface area contributed by atoms with Gasteiger partial charge in [-0.1, -0.05) is 6.92 Å². The molecule has 0 saturated carbocycles. The van der Waals surface area contributed by atoms with Crippen molar-refractivity contribution in [2.45, 2.75) is 25.5 Å². The summed E-state index contributed by atoms with van der Waals surface area (Å²) < 4.78 is 9.85. The van der Waals surface area contributed by atoms with E-state index >= 15 is 0 Å². The average molecular weight is 173 g/mol. The second-order valence-electron chi connectivity index (χ2n) is 2.86. The van der Waals surface area contributed by atoms with Gasteiger partial charge in [0.1, 0.15) is 0 Å². The smallest absolute Gasteiger partial charge is 0.336 e. The number of ether oxygens (including phenoxy) is 2. The molecule has 0 aromatic heterocycles. The van der Waals surface area contributed by atoms with Crippen molar-refractivity contribution in [2.24, 2.45) is 0 Å². The Kier molecular flexibility index (Phi) is 3.49. The van der Waals surface area contributed by atoms with Crippen LogP contribution in [0, 0.1) is 0 Å². The summed E-state index contributed by atoms with van der Waals surface area (Å²) in [4.78, 5) is 11.0. The molecule has 1 aliphatic rings. The van der Waals surface area contributed by atoms with Crippen LogP contribution in [0.3, 0.4) is 0 Å². The van der Waals surface area contributed by atoms with Crippen LogP contribution in [0.25, 0.3) is 0 Å². The maximum Gasteiger partial charge on any atom is 0.336 e. The number of carbonyl (C=O) groups excluding carboxylic acids is 1. The highest BCUT2D eigenvalue weighted by atomic mass is 16.6. The summed E-state index contributed by atoms with van der Waals surface area (Å²) in [5, 5.41) is 3.21. The third kappa shape index (κ3) is 2.19. The van der Waals surface area contributed by atoms with Crippen molar-refractivity contribution in [3.63, 3.8) is 0 Å². The fraction of sp³-hybridized carbons (Fsp3) is 0.875. The first kappa shape index (κ1) is 9.48. The van der Waals surface area contributed by atoms with Crippen LogP contribution in [0.1, 0.15) is 13.3 Å². The lowest BCUT2D eigenvalue weighted by Gasteiger charge is -2.27. The van der Waals surface area contributed by atoms with Gasteiger partial charge in [0.15, 0.2) is 6.10 Å². The van der Waals surface area contributed by atoms with E-state index in [1.165, 1.54) is 7.11 Å². The largest absolute Gasteiger partial charge is 0.467 e. The molecule has 70 valence electrons. The van der Waals surface area contributed by atoms with Gasteiger partial charge >= 0.3 is 5.97 Å². The minimum absolute atomic E-state index is 0.294. The Balaban J connectivity index is 2.30. The van der Waals surface area contributed by atoms with Gasteiger partial charge in [-0.15, -0.1) is 0 Å².